The van der Waals surface area contributed by atoms with Crippen molar-refractivity contribution in [2.24, 2.45) is 4.99 Å². The fourth-order valence-electron chi connectivity index (χ4n) is 3.51. The van der Waals surface area contributed by atoms with Gasteiger partial charge in [0.2, 0.25) is 11.9 Å². The number of nitrogens with one attached hydrogen (secondary N) is 2. The zero-order chi connectivity index (χ0) is 22.8. The Morgan fingerprint density at radius 2 is 1.81 bits per heavy atom. The summed E-state index contributed by atoms with van der Waals surface area (Å²) in [6.45, 7) is 5.73. The maximum Gasteiger partial charge on any atom is 0.338 e. The summed E-state index contributed by atoms with van der Waals surface area (Å²) in [5.41, 5.74) is 3.41. The Labute approximate surface area is 195 Å². The van der Waals surface area contributed by atoms with E-state index in [4.69, 9.17) is 32.9 Å². The van der Waals surface area contributed by atoms with Crippen LogP contribution in [0.2, 0.25) is 10.0 Å². The van der Waals surface area contributed by atoms with Crippen molar-refractivity contribution in [3.63, 3.8) is 0 Å². The SMILES string of the molecule is CCOC(=O)C1=C(C)NC(Nc2nc(C)c3cc(Cl)ccc3n2)=NC1c1ccc(Cl)cc1. The quantitative estimate of drug-likeness (QED) is 0.510. The number of benzene rings is 2. The molecular formula is C23H21Cl2N5O2. The third-order valence-corrected chi connectivity index (χ3v) is 5.49. The van der Waals surface area contributed by atoms with Crippen molar-refractivity contribution in [2.45, 2.75) is 26.8 Å². The minimum atomic E-state index is -0.574. The average molecular weight is 470 g/mol. The smallest absolute Gasteiger partial charge is 0.338 e. The van der Waals surface area contributed by atoms with Crippen LogP contribution in [0.15, 0.2) is 58.7 Å². The lowest BCUT2D eigenvalue weighted by molar-refractivity contribution is -0.138. The molecule has 0 saturated carbocycles. The van der Waals surface area contributed by atoms with Gasteiger partial charge in [-0.3, -0.25) is 5.32 Å². The van der Waals surface area contributed by atoms with Gasteiger partial charge < -0.3 is 10.1 Å². The van der Waals surface area contributed by atoms with E-state index in [1.165, 1.54) is 0 Å². The molecule has 0 bridgehead atoms. The maximum atomic E-state index is 12.7. The first-order chi connectivity index (χ1) is 15.4. The van der Waals surface area contributed by atoms with Gasteiger partial charge in [0.1, 0.15) is 6.04 Å². The number of carbonyl (C=O) groups excluding carboxylic acids is 1. The Balaban J connectivity index is 1.71. The third-order valence-electron chi connectivity index (χ3n) is 5.00. The molecule has 32 heavy (non-hydrogen) atoms. The van der Waals surface area contributed by atoms with E-state index in [-0.39, 0.29) is 6.61 Å². The number of carbonyl (C=O) groups is 1. The first-order valence-electron chi connectivity index (χ1n) is 10.0. The zero-order valence-electron chi connectivity index (χ0n) is 17.7. The molecule has 2 aromatic carbocycles. The van der Waals surface area contributed by atoms with E-state index in [1.807, 2.05) is 31.2 Å². The van der Waals surface area contributed by atoms with E-state index < -0.39 is 12.0 Å². The topological polar surface area (TPSA) is 88.5 Å². The number of guanidine groups is 1. The van der Waals surface area contributed by atoms with Gasteiger partial charge in [0.25, 0.3) is 0 Å². The van der Waals surface area contributed by atoms with E-state index in [2.05, 4.69) is 20.6 Å². The third kappa shape index (κ3) is 4.54. The van der Waals surface area contributed by atoms with Crippen LogP contribution in [0.5, 0.6) is 0 Å². The summed E-state index contributed by atoms with van der Waals surface area (Å²) in [5, 5.41) is 8.37. The number of fused-ring (bicyclic) bond motifs is 1. The Morgan fingerprint density at radius 1 is 1.09 bits per heavy atom. The largest absolute Gasteiger partial charge is 0.463 e. The zero-order valence-corrected chi connectivity index (χ0v) is 19.3. The average Bonchev–Trinajstić information content (AvgIpc) is 2.74. The molecule has 0 amide bonds. The molecule has 0 spiro atoms. The van der Waals surface area contributed by atoms with Crippen molar-refractivity contribution in [3.8, 4) is 0 Å². The highest BCUT2D eigenvalue weighted by Gasteiger charge is 2.30. The fraction of sp³-hybridized carbons (Fsp3) is 0.217. The number of ether oxygens (including phenoxy) is 1. The molecule has 3 aromatic rings. The normalized spacial score (nSPS) is 15.9. The standard InChI is InChI=1S/C23H21Cl2N5O2/c1-4-32-21(31)19-13(3)27-23(29-20(19)14-5-7-15(24)8-6-14)30-22-26-12(2)17-11-16(25)9-10-18(17)28-22/h5-11,20H,4H2,1-3H3,(H2,26,27,28,29,30). The molecule has 9 heteroatoms. The molecule has 1 aromatic heterocycles. The van der Waals surface area contributed by atoms with Gasteiger partial charge in [-0.2, -0.15) is 0 Å². The van der Waals surface area contributed by atoms with Crippen molar-refractivity contribution in [1.29, 1.82) is 0 Å². The van der Waals surface area contributed by atoms with Crippen molar-refractivity contribution in [2.75, 3.05) is 11.9 Å². The molecule has 0 fully saturated rings. The number of aliphatic imine (C=N–C) groups is 1. The second-order valence-corrected chi connectivity index (χ2v) is 8.11. The van der Waals surface area contributed by atoms with Crippen molar-refractivity contribution >= 4 is 52.0 Å². The molecule has 2 N–H and O–H groups in total. The maximum absolute atomic E-state index is 12.7. The van der Waals surface area contributed by atoms with Crippen LogP contribution in [0.3, 0.4) is 0 Å². The summed E-state index contributed by atoms with van der Waals surface area (Å²) in [6, 6.07) is 12.1. The Bertz CT molecular complexity index is 1260. The van der Waals surface area contributed by atoms with Gasteiger partial charge in [-0.15, -0.1) is 0 Å². The van der Waals surface area contributed by atoms with E-state index in [1.54, 1.807) is 32.0 Å². The van der Waals surface area contributed by atoms with Gasteiger partial charge in [-0.1, -0.05) is 35.3 Å². The number of aromatic nitrogens is 2. The molecule has 0 radical (unpaired) electrons. The Hall–Kier alpha value is -3.16. The number of hydrogen-bond donors (Lipinski definition) is 2. The van der Waals surface area contributed by atoms with Crippen LogP contribution < -0.4 is 10.6 Å². The summed E-state index contributed by atoms with van der Waals surface area (Å²) in [6.07, 6.45) is 0. The van der Waals surface area contributed by atoms with E-state index >= 15 is 0 Å². The van der Waals surface area contributed by atoms with E-state index in [0.717, 1.165) is 22.2 Å². The molecule has 1 aliphatic heterocycles. The minimum Gasteiger partial charge on any atom is -0.463 e. The molecular weight excluding hydrogens is 449 g/mol. The van der Waals surface area contributed by atoms with Gasteiger partial charge in [-0.25, -0.2) is 19.8 Å². The van der Waals surface area contributed by atoms with Gasteiger partial charge in [-0.05, 0) is 56.7 Å². The molecule has 4 rings (SSSR count). The molecule has 0 aliphatic carbocycles. The van der Waals surface area contributed by atoms with Gasteiger partial charge in [0, 0.05) is 21.1 Å². The number of aryl methyl sites for hydroxylation is 1. The summed E-state index contributed by atoms with van der Waals surface area (Å²) < 4.78 is 5.27. The van der Waals surface area contributed by atoms with Gasteiger partial charge >= 0.3 is 5.97 Å². The van der Waals surface area contributed by atoms with Crippen LogP contribution in [0, 0.1) is 6.92 Å². The molecule has 7 nitrogen and oxygen atoms in total. The number of hydrogen-bond acceptors (Lipinski definition) is 7. The lowest BCUT2D eigenvalue weighted by Gasteiger charge is -2.26. The minimum absolute atomic E-state index is 0.270. The monoisotopic (exact) mass is 469 g/mol. The van der Waals surface area contributed by atoms with Crippen LogP contribution in [0.25, 0.3) is 10.9 Å². The first kappa shape index (κ1) is 22.0. The van der Waals surface area contributed by atoms with E-state index in [0.29, 0.717) is 33.2 Å². The predicted octanol–water partition coefficient (Wildman–Crippen LogP) is 5.19. The van der Waals surface area contributed by atoms with Crippen LogP contribution in [-0.2, 0) is 9.53 Å². The fourth-order valence-corrected chi connectivity index (χ4v) is 3.81. The number of halogens is 2. The molecule has 0 saturated heterocycles. The Kier molecular flexibility index (Phi) is 6.30. The first-order valence-corrected chi connectivity index (χ1v) is 10.8. The lowest BCUT2D eigenvalue weighted by Crippen LogP contribution is -2.37. The number of esters is 1. The number of anilines is 1. The second-order valence-electron chi connectivity index (χ2n) is 7.24. The highest BCUT2D eigenvalue weighted by molar-refractivity contribution is 6.31. The summed E-state index contributed by atoms with van der Waals surface area (Å²) in [4.78, 5) is 26.5. The predicted molar refractivity (Wildman–Crippen MR) is 127 cm³/mol. The number of rotatable bonds is 4. The molecule has 2 heterocycles. The summed E-state index contributed by atoms with van der Waals surface area (Å²) in [7, 11) is 0. The second kappa shape index (κ2) is 9.14. The number of allylic oxidation sites excluding steroid dienone is 1. The van der Waals surface area contributed by atoms with Crippen LogP contribution in [0.4, 0.5) is 5.95 Å². The lowest BCUT2D eigenvalue weighted by atomic mass is 9.96. The molecule has 1 atom stereocenters. The molecule has 1 unspecified atom stereocenters. The Morgan fingerprint density at radius 3 is 2.53 bits per heavy atom. The van der Waals surface area contributed by atoms with Crippen molar-refractivity contribution < 1.29 is 9.53 Å². The van der Waals surface area contributed by atoms with Crippen molar-refractivity contribution in [3.05, 3.63) is 75.0 Å². The highest BCUT2D eigenvalue weighted by atomic mass is 35.5. The summed E-state index contributed by atoms with van der Waals surface area (Å²) >= 11 is 12.1. The van der Waals surface area contributed by atoms with Crippen LogP contribution >= 0.6 is 23.2 Å². The van der Waals surface area contributed by atoms with Crippen LogP contribution in [0.1, 0.15) is 31.1 Å². The van der Waals surface area contributed by atoms with Gasteiger partial charge in [0.05, 0.1) is 23.4 Å². The van der Waals surface area contributed by atoms with Crippen molar-refractivity contribution in [1.82, 2.24) is 15.3 Å². The van der Waals surface area contributed by atoms with Crippen LogP contribution in [-0.4, -0.2) is 28.5 Å². The highest BCUT2D eigenvalue weighted by Crippen LogP contribution is 2.32. The molecule has 164 valence electrons. The van der Waals surface area contributed by atoms with E-state index in [9.17, 15) is 4.79 Å². The summed E-state index contributed by atoms with van der Waals surface area (Å²) in [5.74, 6) is 0.379. The number of nitrogens with zero attached hydrogens (tertiary/aromatic N) is 3. The van der Waals surface area contributed by atoms with Gasteiger partial charge in [0.15, 0.2) is 0 Å². The molecule has 1 aliphatic rings.